The number of aliphatic hydroxyl groups excluding tert-OH is 11. The van der Waals surface area contributed by atoms with Crippen LogP contribution in [0.4, 0.5) is 0 Å². The van der Waals surface area contributed by atoms with Gasteiger partial charge in [0.1, 0.15) is 110 Å². The van der Waals surface area contributed by atoms with E-state index in [0.29, 0.717) is 0 Å². The number of fused-ring (bicyclic) bond motifs is 5. The number of esters is 5. The molecule has 3 aromatic rings. The molecule has 7 aliphatic rings. The van der Waals surface area contributed by atoms with Gasteiger partial charge in [0.2, 0.25) is 0 Å². The average molecular weight is 1400 g/mol. The number of nitrogens with one attached hydrogen (secondary N) is 1. The molecule has 10 rings (SSSR count). The molecule has 3 aliphatic carbocycles. The summed E-state index contributed by atoms with van der Waals surface area (Å²) in [4.78, 5) is 102. The predicted octanol–water partition coefficient (Wildman–Crippen LogP) is -3.25. The molecular formula is C67H83NO31. The molecule has 0 spiro atoms. The van der Waals surface area contributed by atoms with Gasteiger partial charge in [-0.3, -0.25) is 19.2 Å². The zero-order valence-corrected chi connectivity index (χ0v) is 54.5. The van der Waals surface area contributed by atoms with Gasteiger partial charge in [0.25, 0.3) is 5.91 Å². The van der Waals surface area contributed by atoms with Gasteiger partial charge in [0.05, 0.1) is 49.4 Å². The Labute approximate surface area is 565 Å². The van der Waals surface area contributed by atoms with Crippen LogP contribution in [0.1, 0.15) is 86.7 Å². The number of carbonyl (C=O) groups is 7. The van der Waals surface area contributed by atoms with Gasteiger partial charge in [-0.1, -0.05) is 80.6 Å². The monoisotopic (exact) mass is 1400 g/mol. The number of hydrogen-bond donors (Lipinski definition) is 13. The minimum Gasteiger partial charge on any atom is -0.459 e. The van der Waals surface area contributed by atoms with Gasteiger partial charge in [-0.15, -0.1) is 0 Å². The standard InChI is InChI=1S/C67H83NO31/c1-29-35(91-60(86)45(76)43(32-16-10-7-11-17-32)68-58(84)33-18-12-8-13-19-33)23-67(87)57(98-59(85)34-20-14-9-15-21-34)55-65(6,56(83)54(90-30(2)72)42(29)64(67,4)5)39(22-40-66(55,28-89-40)99-31(3)73)95-41(74)27-88-61-50(81)47(78)52(37(25-70)93-61)97-63-51(82)48(79)53(38(26-71)94-63)96-62-49(80)46(77)44(75)36(24-69)92-62/h7-21,35-40,43-55,57,61-63,69-71,75-82,87H,22-28H2,1-6H3,(H,68,84)/t35-,36+,37+,38+,39-,40+,43-,44+,45+,46-,47+,48+,49+,50+,51+,52+,53+,54+,55-,57-,61?,62+,63+,65+,66-,67+/m0/s1. The Morgan fingerprint density at radius 2 is 1.16 bits per heavy atom. The second kappa shape index (κ2) is 30.0. The molecule has 99 heavy (non-hydrogen) atoms. The second-order valence-electron chi connectivity index (χ2n) is 26.4. The van der Waals surface area contributed by atoms with E-state index in [1.807, 2.05) is 0 Å². The quantitative estimate of drug-likeness (QED) is 0.0283. The fourth-order valence-corrected chi connectivity index (χ4v) is 14.9. The number of benzene rings is 3. The highest BCUT2D eigenvalue weighted by Gasteiger charge is 2.79. The SMILES string of the molecule is CC(=O)O[C@H]1C(=O)[C@]2(C)[C@@H](OC(=O)COC3O[C@H](CO)[C@@H](O[C@H]4O[C@H](CO)[C@@H](O[C@H]5O[C@H](CO)[C@@H](O)[C@H](O)[C@H]5O)[C@H](O)[C@H]4O)[C@H](O)[C@H]3O)C[C@H]3OC[C@@]3(OC(C)=O)[C@H]2[C@H](OC(=O)c2ccccc2)[C@]2(O)C[C@H](OC(=O)[C@H](O)[C@@H](NC(=O)c3ccccc3)c3ccccc3)C(C)=C1C2(C)C. The average Bonchev–Trinajstić information content (AvgIpc) is 0.667. The Balaban J connectivity index is 0.951. The molecule has 6 fully saturated rings. The molecule has 0 aromatic heterocycles. The van der Waals surface area contributed by atoms with Crippen LogP contribution in [0, 0.1) is 16.7 Å². The molecular weight excluding hydrogens is 1310 g/mol. The summed E-state index contributed by atoms with van der Waals surface area (Å²) < 4.78 is 71.1. The van der Waals surface area contributed by atoms with Crippen molar-refractivity contribution in [1.82, 2.24) is 5.32 Å². The molecule has 4 aliphatic heterocycles. The lowest BCUT2D eigenvalue weighted by Gasteiger charge is -2.67. The Kier molecular flexibility index (Phi) is 22.7. The summed E-state index contributed by atoms with van der Waals surface area (Å²) in [7, 11) is 0. The first kappa shape index (κ1) is 74.8. The van der Waals surface area contributed by atoms with Crippen molar-refractivity contribution in [2.45, 2.75) is 200 Å². The number of ether oxygens (including phenoxy) is 12. The van der Waals surface area contributed by atoms with Crippen molar-refractivity contribution in [3.8, 4) is 0 Å². The maximum atomic E-state index is 16.5. The summed E-state index contributed by atoms with van der Waals surface area (Å²) in [6.07, 6.45) is -41.3. The number of aliphatic hydroxyl groups is 12. The number of hydrogen-bond acceptors (Lipinski definition) is 31. The number of Topliss-reactive ketones (excluding diaryl/α,β-unsaturated/α-hetero) is 1. The summed E-state index contributed by atoms with van der Waals surface area (Å²) in [5, 5.41) is 136. The maximum Gasteiger partial charge on any atom is 0.338 e. The molecule has 542 valence electrons. The lowest BCUT2D eigenvalue weighted by molar-refractivity contribution is -0.379. The van der Waals surface area contributed by atoms with E-state index in [4.69, 9.17) is 56.8 Å². The van der Waals surface area contributed by atoms with Gasteiger partial charge >= 0.3 is 29.8 Å². The van der Waals surface area contributed by atoms with Crippen molar-refractivity contribution in [3.63, 3.8) is 0 Å². The first-order valence-corrected chi connectivity index (χ1v) is 32.1. The molecule has 32 nitrogen and oxygen atoms in total. The smallest absolute Gasteiger partial charge is 0.338 e. The third-order valence-corrected chi connectivity index (χ3v) is 20.2. The zero-order chi connectivity index (χ0) is 72.0. The van der Waals surface area contributed by atoms with Gasteiger partial charge in [0, 0.05) is 37.7 Å². The predicted molar refractivity (Wildman–Crippen MR) is 327 cm³/mol. The van der Waals surface area contributed by atoms with Gasteiger partial charge in [-0.25, -0.2) is 14.4 Å². The molecule has 2 saturated carbocycles. The van der Waals surface area contributed by atoms with Crippen LogP contribution in [0.3, 0.4) is 0 Å². The minimum atomic E-state index is -2.67. The highest BCUT2D eigenvalue weighted by atomic mass is 16.8. The first-order chi connectivity index (χ1) is 46.9. The molecule has 3 aromatic carbocycles. The van der Waals surface area contributed by atoms with Crippen molar-refractivity contribution in [3.05, 3.63) is 119 Å². The van der Waals surface area contributed by atoms with Crippen LogP contribution in [0.5, 0.6) is 0 Å². The van der Waals surface area contributed by atoms with Gasteiger partial charge in [-0.2, -0.15) is 0 Å². The van der Waals surface area contributed by atoms with Gasteiger partial charge < -0.3 is 123 Å². The minimum absolute atomic E-state index is 0.00768. The Hall–Kier alpha value is -6.87. The zero-order valence-electron chi connectivity index (χ0n) is 54.5. The molecule has 4 heterocycles. The Bertz CT molecular complexity index is 3430. The number of ketones is 1. The molecule has 32 heteroatoms. The third-order valence-electron chi connectivity index (χ3n) is 20.2. The van der Waals surface area contributed by atoms with Crippen LogP contribution in [0.25, 0.3) is 0 Å². The fraction of sp³-hybridized carbons (Fsp3) is 0.597. The van der Waals surface area contributed by atoms with Crippen LogP contribution in [0.2, 0.25) is 0 Å². The van der Waals surface area contributed by atoms with E-state index in [0.717, 1.165) is 13.8 Å². The van der Waals surface area contributed by atoms with Crippen LogP contribution < -0.4 is 5.32 Å². The second-order valence-corrected chi connectivity index (χ2v) is 26.4. The first-order valence-electron chi connectivity index (χ1n) is 32.1. The Morgan fingerprint density at radius 3 is 1.70 bits per heavy atom. The topological polar surface area (TPSA) is 485 Å². The van der Waals surface area contributed by atoms with Crippen LogP contribution >= 0.6 is 0 Å². The van der Waals surface area contributed by atoms with E-state index in [2.05, 4.69) is 5.32 Å². The highest BCUT2D eigenvalue weighted by molar-refractivity contribution is 5.96. The molecule has 26 atom stereocenters. The van der Waals surface area contributed by atoms with Gasteiger partial charge in [-0.05, 0) is 54.8 Å². The summed E-state index contributed by atoms with van der Waals surface area (Å²) in [5.74, 6) is -9.53. The summed E-state index contributed by atoms with van der Waals surface area (Å²) in [6, 6.07) is 21.8. The van der Waals surface area contributed by atoms with Crippen molar-refractivity contribution in [2.75, 3.05) is 33.0 Å². The molecule has 2 bridgehead atoms. The summed E-state index contributed by atoms with van der Waals surface area (Å²) >= 11 is 0. The molecule has 4 saturated heterocycles. The van der Waals surface area contributed by atoms with Crippen LogP contribution in [-0.2, 0) is 80.8 Å². The van der Waals surface area contributed by atoms with E-state index in [1.165, 1.54) is 64.1 Å². The molecule has 1 unspecified atom stereocenters. The van der Waals surface area contributed by atoms with E-state index >= 15 is 4.79 Å². The Morgan fingerprint density at radius 1 is 0.636 bits per heavy atom. The van der Waals surface area contributed by atoms with Crippen LogP contribution in [-0.4, -0.2) is 276 Å². The van der Waals surface area contributed by atoms with Crippen molar-refractivity contribution in [1.29, 1.82) is 0 Å². The van der Waals surface area contributed by atoms with Crippen molar-refractivity contribution in [2.24, 2.45) is 16.7 Å². The third kappa shape index (κ3) is 14.0. The summed E-state index contributed by atoms with van der Waals surface area (Å²) in [6.45, 7) is 2.95. The molecule has 13 N–H and O–H groups in total. The fourth-order valence-electron chi connectivity index (χ4n) is 14.9. The molecule has 1 amide bonds. The summed E-state index contributed by atoms with van der Waals surface area (Å²) in [5.41, 5.74) is -8.99. The van der Waals surface area contributed by atoms with Crippen molar-refractivity contribution < 1.29 is 152 Å². The molecule has 0 radical (unpaired) electrons. The maximum absolute atomic E-state index is 16.5. The normalized spacial score (nSPS) is 38.4. The number of amides is 1. The lowest BCUT2D eigenvalue weighted by Crippen LogP contribution is -2.82. The van der Waals surface area contributed by atoms with Gasteiger partial charge in [0.15, 0.2) is 42.5 Å². The lowest BCUT2D eigenvalue weighted by atomic mass is 9.44. The van der Waals surface area contributed by atoms with E-state index in [9.17, 15) is 90.0 Å². The van der Waals surface area contributed by atoms with E-state index < -0.39 is 250 Å². The largest absolute Gasteiger partial charge is 0.459 e. The van der Waals surface area contributed by atoms with Crippen molar-refractivity contribution >= 4 is 41.5 Å². The van der Waals surface area contributed by atoms with Crippen LogP contribution in [0.15, 0.2) is 102 Å². The van der Waals surface area contributed by atoms with E-state index in [1.54, 1.807) is 54.6 Å². The highest BCUT2D eigenvalue weighted by Crippen LogP contribution is 2.65. The number of rotatable bonds is 21. The number of carbonyl (C=O) groups excluding carboxylic acids is 7. The van der Waals surface area contributed by atoms with E-state index in [-0.39, 0.29) is 27.8 Å².